The number of quaternary nitrogens is 1. The Bertz CT molecular complexity index is 714. The number of hydrogen-bond acceptors (Lipinski definition) is 9. The molecule has 30 heavy (non-hydrogen) atoms. The van der Waals surface area contributed by atoms with Gasteiger partial charge in [-0.1, -0.05) is 13.3 Å². The molecule has 0 aliphatic carbocycles. The van der Waals surface area contributed by atoms with E-state index in [4.69, 9.17) is 4.74 Å². The Morgan fingerprint density at radius 1 is 1.27 bits per heavy atom. The minimum Gasteiger partial charge on any atom is -0.632 e. The van der Waals surface area contributed by atoms with Crippen molar-refractivity contribution < 1.29 is 43.0 Å². The number of carbonyl (C=O) groups excluding carboxylic acids is 1. The summed E-state index contributed by atoms with van der Waals surface area (Å²) in [7, 11) is -2.58. The van der Waals surface area contributed by atoms with Gasteiger partial charge in [-0.3, -0.25) is 4.79 Å². The molecule has 11 nitrogen and oxygen atoms in total. The first kappa shape index (κ1) is 25.4. The molecular formula is C18H34N2O9S. The van der Waals surface area contributed by atoms with Crippen LogP contribution in [0.2, 0.25) is 0 Å². The van der Waals surface area contributed by atoms with Gasteiger partial charge in [-0.15, -0.1) is 0 Å². The largest absolute Gasteiger partial charge is 0.632 e. The first-order valence-corrected chi connectivity index (χ1v) is 12.1. The van der Waals surface area contributed by atoms with E-state index in [9.17, 15) is 38.8 Å². The van der Waals surface area contributed by atoms with Gasteiger partial charge >= 0.3 is 0 Å². The molecule has 2 aliphatic heterocycles. The second kappa shape index (κ2) is 9.33. The highest BCUT2D eigenvalue weighted by Crippen LogP contribution is 2.32. The molecule has 0 aromatic rings. The summed E-state index contributed by atoms with van der Waals surface area (Å²) in [6.45, 7) is 3.58. The third-order valence-electron chi connectivity index (χ3n) is 6.05. The number of amides is 1. The number of likely N-dealkylation sites (tertiary alicyclic amines) is 1. The Morgan fingerprint density at radius 2 is 1.87 bits per heavy atom. The van der Waals surface area contributed by atoms with Crippen molar-refractivity contribution in [2.45, 2.75) is 81.1 Å². The van der Waals surface area contributed by atoms with Crippen molar-refractivity contribution in [3.63, 3.8) is 0 Å². The second-order valence-electron chi connectivity index (χ2n) is 8.81. The number of rotatable bonds is 7. The van der Waals surface area contributed by atoms with Crippen molar-refractivity contribution >= 4 is 15.7 Å². The van der Waals surface area contributed by atoms with Gasteiger partial charge in [0.25, 0.3) is 5.91 Å². The fraction of sp³-hybridized carbons (Fsp3) is 0.944. The molecule has 5 N–H and O–H groups in total. The molecule has 2 heterocycles. The number of likely N-dealkylation sites (N-methyl/N-ethyl adjacent to an activating group) is 1. The highest BCUT2D eigenvalue weighted by Gasteiger charge is 2.52. The molecule has 2 fully saturated rings. The van der Waals surface area contributed by atoms with Crippen LogP contribution in [0.25, 0.3) is 0 Å². The Balaban J connectivity index is 2.23. The number of hydrogen-bond donors (Lipinski definition) is 5. The zero-order valence-corrected chi connectivity index (χ0v) is 18.5. The first-order valence-electron chi connectivity index (χ1n) is 10.1. The summed E-state index contributed by atoms with van der Waals surface area (Å²) in [5, 5.41) is 56.0. The third-order valence-corrected chi connectivity index (χ3v) is 7.28. The van der Waals surface area contributed by atoms with Crippen molar-refractivity contribution in [2.75, 3.05) is 19.8 Å². The number of aliphatic hydroxyl groups excluding tert-OH is 4. The number of carbonyl (C=O) groups is 1. The Kier molecular flexibility index (Phi) is 7.90. The number of hydroxylamine groups is 3. The third kappa shape index (κ3) is 5.30. The smallest absolute Gasteiger partial charge is 0.279 e. The average molecular weight is 455 g/mol. The highest BCUT2D eigenvalue weighted by molar-refractivity contribution is 7.91. The average Bonchev–Trinajstić information content (AvgIpc) is 2.91. The molecule has 10 atom stereocenters. The van der Waals surface area contributed by atoms with Crippen LogP contribution in [-0.4, -0.2) is 107 Å². The fourth-order valence-corrected chi connectivity index (χ4v) is 5.49. The molecule has 0 bridgehead atoms. The molecule has 0 aromatic carbocycles. The van der Waals surface area contributed by atoms with Crippen molar-refractivity contribution in [1.29, 1.82) is 0 Å². The summed E-state index contributed by atoms with van der Waals surface area (Å²) in [6, 6.07) is -2.24. The van der Waals surface area contributed by atoms with E-state index in [1.807, 2.05) is 6.92 Å². The Morgan fingerprint density at radius 3 is 2.37 bits per heavy atom. The maximum Gasteiger partial charge on any atom is 0.279 e. The van der Waals surface area contributed by atoms with E-state index in [-0.39, 0.29) is 12.5 Å². The van der Waals surface area contributed by atoms with Gasteiger partial charge in [0.1, 0.15) is 24.4 Å². The molecule has 0 spiro atoms. The minimum absolute atomic E-state index is 0.0846. The van der Waals surface area contributed by atoms with Gasteiger partial charge in [0, 0.05) is 18.6 Å². The van der Waals surface area contributed by atoms with Crippen LogP contribution in [0.5, 0.6) is 0 Å². The zero-order valence-electron chi connectivity index (χ0n) is 17.7. The normalized spacial score (nSPS) is 42.0. The summed E-state index contributed by atoms with van der Waals surface area (Å²) in [5.74, 6) is -0.564. The quantitative estimate of drug-likeness (QED) is 0.212. The monoisotopic (exact) mass is 454 g/mol. The molecule has 2 saturated heterocycles. The molecule has 2 rings (SSSR count). The fourth-order valence-electron chi connectivity index (χ4n) is 4.49. The lowest BCUT2D eigenvalue weighted by molar-refractivity contribution is -0.865. The van der Waals surface area contributed by atoms with Crippen molar-refractivity contribution in [3.8, 4) is 0 Å². The van der Waals surface area contributed by atoms with Gasteiger partial charge in [-0.05, 0) is 13.3 Å². The van der Waals surface area contributed by atoms with Crippen LogP contribution in [-0.2, 0) is 19.4 Å². The summed E-state index contributed by atoms with van der Waals surface area (Å²) in [5.41, 5.74) is -1.85. The molecule has 2 aliphatic rings. The lowest BCUT2D eigenvalue weighted by Gasteiger charge is -2.44. The lowest BCUT2D eigenvalue weighted by Crippen LogP contribution is -2.67. The predicted octanol–water partition coefficient (Wildman–Crippen LogP) is -2.16. The van der Waals surface area contributed by atoms with Gasteiger partial charge in [-0.2, -0.15) is 0 Å². The van der Waals surface area contributed by atoms with Gasteiger partial charge in [-0.25, -0.2) is 8.42 Å². The van der Waals surface area contributed by atoms with Crippen LogP contribution in [0.3, 0.4) is 0 Å². The van der Waals surface area contributed by atoms with Gasteiger partial charge in [0.15, 0.2) is 21.3 Å². The summed E-state index contributed by atoms with van der Waals surface area (Å²) in [4.78, 5) is 12.9. The molecule has 0 saturated carbocycles. The van der Waals surface area contributed by atoms with E-state index in [1.54, 1.807) is 0 Å². The second-order valence-corrected chi connectivity index (χ2v) is 10.9. The Labute approximate surface area is 176 Å². The SMILES string of the molecule is CCC[C@@H]1C[C@@H](C(=O)N[C@@H]([C@H]2O[C@H](S(C)(=O)=O)[C@H](O)[C@@H](O)[C@H]2O)[C@@H](C)O)[N@+](C)([O-])C1. The zero-order chi connectivity index (χ0) is 23.0. The van der Waals surface area contributed by atoms with E-state index >= 15 is 0 Å². The van der Waals surface area contributed by atoms with Crippen LogP contribution in [0, 0.1) is 11.1 Å². The highest BCUT2D eigenvalue weighted by atomic mass is 32.2. The van der Waals surface area contributed by atoms with Crippen molar-refractivity contribution in [1.82, 2.24) is 5.32 Å². The number of sulfone groups is 1. The maximum atomic E-state index is 12.9. The lowest BCUT2D eigenvalue weighted by atomic mass is 9.92. The molecule has 0 radical (unpaired) electrons. The van der Waals surface area contributed by atoms with Gasteiger partial charge in [0.05, 0.1) is 25.7 Å². The van der Waals surface area contributed by atoms with E-state index in [1.165, 1.54) is 14.0 Å². The number of nitrogens with zero attached hydrogens (tertiary/aromatic N) is 1. The molecule has 176 valence electrons. The maximum absolute atomic E-state index is 12.9. The number of ether oxygens (including phenoxy) is 1. The topological polar surface area (TPSA) is 176 Å². The number of nitrogens with one attached hydrogen (secondary N) is 1. The summed E-state index contributed by atoms with van der Waals surface area (Å²) in [6.07, 6.45) is -5.53. The van der Waals surface area contributed by atoms with E-state index in [0.29, 0.717) is 6.42 Å². The van der Waals surface area contributed by atoms with Gasteiger partial charge < -0.3 is 40.3 Å². The van der Waals surface area contributed by atoms with E-state index in [2.05, 4.69) is 5.32 Å². The standard InChI is InChI=1S/C18H34N2O9S/c1-5-6-10-7-11(20(3,26)8-10)17(25)19-12(9(2)21)16-14(23)13(22)15(24)18(29-16)30(4,27)28/h9-16,18,21-24H,5-8H2,1-4H3,(H,19,25)/t9-,10-,11+,12-,13+,14-,15-,16-,18-,20-/m1/s1. The molecule has 0 aromatic heterocycles. The molecule has 0 unspecified atom stereocenters. The Hall–Kier alpha value is -0.860. The molecule has 12 heteroatoms. The minimum atomic E-state index is -3.99. The summed E-state index contributed by atoms with van der Waals surface area (Å²) >= 11 is 0. The van der Waals surface area contributed by atoms with Crippen LogP contribution in [0.1, 0.15) is 33.1 Å². The molecule has 1 amide bonds. The number of aliphatic hydroxyl groups is 4. The van der Waals surface area contributed by atoms with Crippen LogP contribution in [0.4, 0.5) is 0 Å². The van der Waals surface area contributed by atoms with Crippen molar-refractivity contribution in [3.05, 3.63) is 5.21 Å². The van der Waals surface area contributed by atoms with Crippen LogP contribution < -0.4 is 5.32 Å². The van der Waals surface area contributed by atoms with Gasteiger partial charge in [0.2, 0.25) is 0 Å². The van der Waals surface area contributed by atoms with E-state index < -0.39 is 68.4 Å². The summed E-state index contributed by atoms with van der Waals surface area (Å²) < 4.78 is 28.4. The van der Waals surface area contributed by atoms with Crippen molar-refractivity contribution in [2.24, 2.45) is 5.92 Å². The van der Waals surface area contributed by atoms with Crippen LogP contribution in [0.15, 0.2) is 0 Å². The van der Waals surface area contributed by atoms with Crippen LogP contribution >= 0.6 is 0 Å². The predicted molar refractivity (Wildman–Crippen MR) is 106 cm³/mol. The van der Waals surface area contributed by atoms with E-state index in [0.717, 1.165) is 19.1 Å². The first-order chi connectivity index (χ1) is 13.7. The molecular weight excluding hydrogens is 420 g/mol.